The van der Waals surface area contributed by atoms with Gasteiger partial charge in [0.05, 0.1) is 6.61 Å². The summed E-state index contributed by atoms with van der Waals surface area (Å²) in [4.78, 5) is 33.5. The first-order chi connectivity index (χ1) is 6.65. The number of ether oxygens (including phenoxy) is 1. The molecule has 0 radical (unpaired) electrons. The third-order valence-electron chi connectivity index (χ3n) is 1.70. The van der Waals surface area contributed by atoms with E-state index in [2.05, 4.69) is 0 Å². The van der Waals surface area contributed by atoms with Crippen molar-refractivity contribution in [3.05, 3.63) is 0 Å². The zero-order valence-corrected chi connectivity index (χ0v) is 9.92. The lowest BCUT2D eigenvalue weighted by Gasteiger charge is -2.19. The number of carbonyl (C=O) groups is 3. The molecule has 0 heterocycles. The van der Waals surface area contributed by atoms with E-state index in [-0.39, 0.29) is 12.0 Å². The molecule has 0 aromatic carbocycles. The fourth-order valence-corrected chi connectivity index (χ4v) is 0.989. The smallest absolute Gasteiger partial charge is 0.324 e. The first-order valence-corrected chi connectivity index (χ1v) is 4.82. The second-order valence-corrected chi connectivity index (χ2v) is 4.82. The Morgan fingerprint density at radius 1 is 1.07 bits per heavy atom. The van der Waals surface area contributed by atoms with Crippen LogP contribution in [0, 0.1) is 11.3 Å². The van der Waals surface area contributed by atoms with Crippen LogP contribution in [0.1, 0.15) is 34.6 Å². The van der Waals surface area contributed by atoms with E-state index >= 15 is 0 Å². The Morgan fingerprint density at radius 3 is 1.73 bits per heavy atom. The second-order valence-electron chi connectivity index (χ2n) is 4.82. The molecule has 0 saturated carbocycles. The first-order valence-electron chi connectivity index (χ1n) is 4.82. The lowest BCUT2D eigenvalue weighted by molar-refractivity contribution is -0.156. The molecule has 0 saturated heterocycles. The van der Waals surface area contributed by atoms with E-state index in [1.54, 1.807) is 0 Å². The summed E-state index contributed by atoms with van der Waals surface area (Å²) in [5, 5.41) is 0. The predicted molar refractivity (Wildman–Crippen MR) is 55.3 cm³/mol. The number of hydrogen-bond acceptors (Lipinski definition) is 4. The molecular formula is C11H18O4. The number of Topliss-reactive ketones (excluding diaryl/α,β-unsaturated/α-hetero) is 2. The fraction of sp³-hybridized carbons (Fsp3) is 0.727. The van der Waals surface area contributed by atoms with Crippen molar-refractivity contribution in [2.45, 2.75) is 34.6 Å². The van der Waals surface area contributed by atoms with Crippen molar-refractivity contribution in [1.29, 1.82) is 0 Å². The van der Waals surface area contributed by atoms with Crippen LogP contribution in [0.5, 0.6) is 0 Å². The van der Waals surface area contributed by atoms with Crippen LogP contribution < -0.4 is 0 Å². The van der Waals surface area contributed by atoms with E-state index in [4.69, 9.17) is 4.74 Å². The molecule has 0 aromatic rings. The highest BCUT2D eigenvalue weighted by atomic mass is 16.5. The molecule has 0 aliphatic heterocycles. The monoisotopic (exact) mass is 214 g/mol. The number of hydrogen-bond donors (Lipinski definition) is 0. The van der Waals surface area contributed by atoms with Crippen LogP contribution in [-0.2, 0) is 19.1 Å². The summed E-state index contributed by atoms with van der Waals surface area (Å²) in [6.07, 6.45) is 0. The van der Waals surface area contributed by atoms with Gasteiger partial charge < -0.3 is 4.74 Å². The van der Waals surface area contributed by atoms with Crippen LogP contribution >= 0.6 is 0 Å². The average molecular weight is 214 g/mol. The Bertz CT molecular complexity index is 259. The molecule has 0 fully saturated rings. The number of ketones is 2. The van der Waals surface area contributed by atoms with Crippen LogP contribution in [0.15, 0.2) is 0 Å². The van der Waals surface area contributed by atoms with Gasteiger partial charge in [-0.1, -0.05) is 20.8 Å². The summed E-state index contributed by atoms with van der Waals surface area (Å²) in [6, 6.07) is 0. The minimum Gasteiger partial charge on any atom is -0.464 e. The van der Waals surface area contributed by atoms with Crippen LogP contribution in [-0.4, -0.2) is 24.1 Å². The molecule has 0 N–H and O–H groups in total. The molecule has 15 heavy (non-hydrogen) atoms. The molecule has 86 valence electrons. The van der Waals surface area contributed by atoms with Gasteiger partial charge in [-0.25, -0.2) is 0 Å². The van der Waals surface area contributed by atoms with Crippen LogP contribution in [0.2, 0.25) is 0 Å². The van der Waals surface area contributed by atoms with E-state index in [0.29, 0.717) is 0 Å². The van der Waals surface area contributed by atoms with Crippen molar-refractivity contribution in [3.8, 4) is 0 Å². The molecule has 0 aliphatic rings. The van der Waals surface area contributed by atoms with Gasteiger partial charge in [-0.15, -0.1) is 0 Å². The van der Waals surface area contributed by atoms with Crippen LogP contribution in [0.25, 0.3) is 0 Å². The van der Waals surface area contributed by atoms with E-state index in [0.717, 1.165) is 0 Å². The topological polar surface area (TPSA) is 60.4 Å². The van der Waals surface area contributed by atoms with Crippen molar-refractivity contribution in [2.24, 2.45) is 11.3 Å². The maximum atomic E-state index is 11.4. The second kappa shape index (κ2) is 5.05. The summed E-state index contributed by atoms with van der Waals surface area (Å²) >= 11 is 0. The Hall–Kier alpha value is -1.19. The van der Waals surface area contributed by atoms with Gasteiger partial charge in [0, 0.05) is 0 Å². The molecule has 0 amide bonds. The summed E-state index contributed by atoms with van der Waals surface area (Å²) in [5.41, 5.74) is -0.173. The van der Waals surface area contributed by atoms with Gasteiger partial charge in [0.25, 0.3) is 0 Å². The fourth-order valence-electron chi connectivity index (χ4n) is 0.989. The summed E-state index contributed by atoms with van der Waals surface area (Å²) in [6.45, 7) is 8.32. The third-order valence-corrected chi connectivity index (χ3v) is 1.70. The lowest BCUT2D eigenvalue weighted by atomic mass is 9.98. The van der Waals surface area contributed by atoms with Crippen molar-refractivity contribution in [1.82, 2.24) is 0 Å². The maximum absolute atomic E-state index is 11.4. The number of esters is 1. The number of carbonyl (C=O) groups excluding carboxylic acids is 3. The highest BCUT2D eigenvalue weighted by molar-refractivity contribution is 6.15. The van der Waals surface area contributed by atoms with Gasteiger partial charge in [0.15, 0.2) is 17.5 Å². The van der Waals surface area contributed by atoms with Crippen molar-refractivity contribution in [2.75, 3.05) is 6.61 Å². The molecular weight excluding hydrogens is 196 g/mol. The molecule has 0 aliphatic carbocycles. The standard InChI is InChI=1S/C11H18O4/c1-7(12)9(8(2)13)10(14)15-6-11(3,4)5/h9H,6H2,1-5H3. The zero-order valence-electron chi connectivity index (χ0n) is 9.92. The summed E-state index contributed by atoms with van der Waals surface area (Å²) in [5.74, 6) is -2.94. The van der Waals surface area contributed by atoms with Gasteiger partial charge in [-0.2, -0.15) is 0 Å². The van der Waals surface area contributed by atoms with Crippen molar-refractivity contribution in [3.63, 3.8) is 0 Å². The SMILES string of the molecule is CC(=O)C(C(C)=O)C(=O)OCC(C)(C)C. The highest BCUT2D eigenvalue weighted by Gasteiger charge is 2.30. The molecule has 0 spiro atoms. The minimum absolute atomic E-state index is 0.173. The molecule has 0 bridgehead atoms. The van der Waals surface area contributed by atoms with Crippen molar-refractivity contribution >= 4 is 17.5 Å². The third kappa shape index (κ3) is 5.30. The molecule has 4 nitrogen and oxygen atoms in total. The Balaban J connectivity index is 4.42. The Morgan fingerprint density at radius 2 is 1.47 bits per heavy atom. The minimum atomic E-state index is -1.26. The Kier molecular flexibility index (Phi) is 4.65. The Labute approximate surface area is 90.0 Å². The van der Waals surface area contributed by atoms with Gasteiger partial charge >= 0.3 is 5.97 Å². The van der Waals surface area contributed by atoms with E-state index in [9.17, 15) is 14.4 Å². The van der Waals surface area contributed by atoms with E-state index in [1.165, 1.54) is 13.8 Å². The van der Waals surface area contributed by atoms with Crippen LogP contribution in [0.3, 0.4) is 0 Å². The first kappa shape index (κ1) is 13.8. The maximum Gasteiger partial charge on any atom is 0.324 e. The molecule has 0 aromatic heterocycles. The quantitative estimate of drug-likeness (QED) is 0.524. The van der Waals surface area contributed by atoms with E-state index in [1.807, 2.05) is 20.8 Å². The van der Waals surface area contributed by atoms with E-state index < -0.39 is 23.5 Å². The van der Waals surface area contributed by atoms with Crippen LogP contribution in [0.4, 0.5) is 0 Å². The van der Waals surface area contributed by atoms with Crippen molar-refractivity contribution < 1.29 is 19.1 Å². The number of rotatable bonds is 4. The van der Waals surface area contributed by atoms with Gasteiger partial charge in [0.2, 0.25) is 0 Å². The lowest BCUT2D eigenvalue weighted by Crippen LogP contribution is -2.32. The molecule has 0 atom stereocenters. The zero-order chi connectivity index (χ0) is 12.2. The average Bonchev–Trinajstić information content (AvgIpc) is 1.97. The van der Waals surface area contributed by atoms with Gasteiger partial charge in [-0.3, -0.25) is 14.4 Å². The largest absolute Gasteiger partial charge is 0.464 e. The van der Waals surface area contributed by atoms with Gasteiger partial charge in [-0.05, 0) is 19.3 Å². The molecule has 0 rings (SSSR count). The molecule has 4 heteroatoms. The predicted octanol–water partition coefficient (Wildman–Crippen LogP) is 1.37. The highest BCUT2D eigenvalue weighted by Crippen LogP contribution is 2.14. The summed E-state index contributed by atoms with van der Waals surface area (Å²) in [7, 11) is 0. The van der Waals surface area contributed by atoms with Gasteiger partial charge in [0.1, 0.15) is 0 Å². The summed E-state index contributed by atoms with van der Waals surface area (Å²) < 4.78 is 4.91. The molecule has 0 unspecified atom stereocenters. The normalized spacial score (nSPS) is 11.3.